The van der Waals surface area contributed by atoms with E-state index < -0.39 is 0 Å². The van der Waals surface area contributed by atoms with E-state index in [4.69, 9.17) is 14.7 Å². The predicted molar refractivity (Wildman–Crippen MR) is 130 cm³/mol. The van der Waals surface area contributed by atoms with E-state index in [2.05, 4.69) is 37.6 Å². The average molecular weight is 554 g/mol. The van der Waals surface area contributed by atoms with Gasteiger partial charge in [0.2, 0.25) is 11.9 Å². The number of carbonyl (C=O) groups is 1. The molecule has 2 heterocycles. The summed E-state index contributed by atoms with van der Waals surface area (Å²) in [5, 5.41) is 13.8. The molecule has 0 radical (unpaired) electrons. The molecule has 162 valence electrons. The third-order valence-corrected chi connectivity index (χ3v) is 4.94. The van der Waals surface area contributed by atoms with Crippen LogP contribution >= 0.6 is 34.6 Å². The quantitative estimate of drug-likeness (QED) is 0.246. The van der Waals surface area contributed by atoms with Crippen LogP contribution < -0.4 is 16.0 Å². The Morgan fingerprint density at radius 3 is 3.00 bits per heavy atom. The van der Waals surface area contributed by atoms with Crippen molar-refractivity contribution in [3.05, 3.63) is 66.1 Å². The lowest BCUT2D eigenvalue weighted by Gasteiger charge is -2.17. The van der Waals surface area contributed by atoms with E-state index in [0.29, 0.717) is 35.6 Å². The second kappa shape index (κ2) is 11.1. The van der Waals surface area contributed by atoms with Crippen LogP contribution in [0.4, 0.5) is 23.1 Å². The maximum atomic E-state index is 11.5. The molecule has 9 nitrogen and oxygen atoms in total. The zero-order valence-corrected chi connectivity index (χ0v) is 19.6. The van der Waals surface area contributed by atoms with Gasteiger partial charge in [-0.15, -0.1) is 0 Å². The highest BCUT2D eigenvalue weighted by Crippen LogP contribution is 2.26. The number of nitrogens with zero attached hydrogens (tertiary/aromatic N) is 4. The second-order valence-electron chi connectivity index (χ2n) is 6.51. The van der Waals surface area contributed by atoms with Crippen LogP contribution in [0.25, 0.3) is 0 Å². The van der Waals surface area contributed by atoms with E-state index >= 15 is 0 Å². The Bertz CT molecular complexity index is 1060. The molecule has 31 heavy (non-hydrogen) atoms. The molecule has 0 fully saturated rings. The van der Waals surface area contributed by atoms with Crippen LogP contribution in [0.15, 0.2) is 55.5 Å². The monoisotopic (exact) mass is 553 g/mol. The molecule has 11 heteroatoms. The summed E-state index contributed by atoms with van der Waals surface area (Å²) in [4.78, 5) is 20.2. The molecular formula is C20H21ClIN7O2. The smallest absolute Gasteiger partial charge is 0.247 e. The standard InChI is InChI=1S/C20H21ClIN7O2/c1-3-18(30)26-15-6-4-5-14(9-15)13(2)25-19-17(21)11-23-20(28-19)27-16-10-24-29(12-16)7-8-31-22/h3-6,9-13H,1,7-8H2,2H3,(H,26,30)(H2,23,25,27,28). The van der Waals surface area contributed by atoms with E-state index in [1.807, 2.05) is 60.4 Å². The Hall–Kier alpha value is -2.70. The van der Waals surface area contributed by atoms with E-state index in [1.54, 1.807) is 10.9 Å². The van der Waals surface area contributed by atoms with Gasteiger partial charge in [-0.05, 0) is 30.7 Å². The average Bonchev–Trinajstić information content (AvgIpc) is 3.21. The van der Waals surface area contributed by atoms with Gasteiger partial charge >= 0.3 is 0 Å². The normalized spacial score (nSPS) is 11.6. The van der Waals surface area contributed by atoms with Crippen molar-refractivity contribution in [3.8, 4) is 0 Å². The Morgan fingerprint density at radius 1 is 1.39 bits per heavy atom. The van der Waals surface area contributed by atoms with Crippen LogP contribution in [0.1, 0.15) is 18.5 Å². The van der Waals surface area contributed by atoms with Gasteiger partial charge in [-0.2, -0.15) is 10.1 Å². The van der Waals surface area contributed by atoms with Crippen molar-refractivity contribution >= 4 is 63.7 Å². The van der Waals surface area contributed by atoms with Crippen molar-refractivity contribution in [2.45, 2.75) is 19.5 Å². The van der Waals surface area contributed by atoms with Crippen LogP contribution in [-0.2, 0) is 14.4 Å². The summed E-state index contributed by atoms with van der Waals surface area (Å²) in [6.07, 6.45) is 6.28. The van der Waals surface area contributed by atoms with E-state index in [1.165, 1.54) is 12.3 Å². The molecule has 1 unspecified atom stereocenters. The summed E-state index contributed by atoms with van der Waals surface area (Å²) >= 11 is 8.15. The molecule has 1 aromatic carbocycles. The minimum Gasteiger partial charge on any atom is -0.362 e. The highest BCUT2D eigenvalue weighted by Gasteiger charge is 2.12. The third kappa shape index (κ3) is 6.64. The second-order valence-corrected chi connectivity index (χ2v) is 7.54. The first-order valence-electron chi connectivity index (χ1n) is 9.34. The lowest BCUT2D eigenvalue weighted by atomic mass is 10.1. The summed E-state index contributed by atoms with van der Waals surface area (Å²) in [7, 11) is 0. The number of hydrogen-bond donors (Lipinski definition) is 3. The van der Waals surface area contributed by atoms with Gasteiger partial charge in [-0.3, -0.25) is 9.48 Å². The summed E-state index contributed by atoms with van der Waals surface area (Å²) in [6.45, 7) is 6.63. The topological polar surface area (TPSA) is 106 Å². The van der Waals surface area contributed by atoms with Crippen molar-refractivity contribution < 1.29 is 7.86 Å². The number of benzene rings is 1. The summed E-state index contributed by atoms with van der Waals surface area (Å²) in [5.74, 6) is 0.603. The fourth-order valence-electron chi connectivity index (χ4n) is 2.70. The molecule has 2 aromatic heterocycles. The first kappa shape index (κ1) is 23.0. The molecule has 1 atom stereocenters. The molecule has 3 rings (SSSR count). The Balaban J connectivity index is 1.70. The van der Waals surface area contributed by atoms with Gasteiger partial charge < -0.3 is 19.0 Å². The number of rotatable bonds is 10. The van der Waals surface area contributed by atoms with Crippen molar-refractivity contribution in [1.29, 1.82) is 0 Å². The van der Waals surface area contributed by atoms with E-state index in [0.717, 1.165) is 11.3 Å². The van der Waals surface area contributed by atoms with Crippen LogP contribution in [0.2, 0.25) is 5.02 Å². The van der Waals surface area contributed by atoms with Crippen molar-refractivity contribution in [1.82, 2.24) is 19.7 Å². The first-order valence-corrected chi connectivity index (χ1v) is 10.6. The minimum absolute atomic E-state index is 0.128. The molecule has 0 aliphatic carbocycles. The SMILES string of the molecule is C=CC(=O)Nc1cccc(C(C)Nc2nc(Nc3cnn(CCOI)c3)ncc2Cl)c1. The van der Waals surface area contributed by atoms with Crippen LogP contribution in [0, 0.1) is 0 Å². The van der Waals surface area contributed by atoms with Gasteiger partial charge in [0.1, 0.15) is 28.0 Å². The fourth-order valence-corrected chi connectivity index (χ4v) is 3.05. The Morgan fingerprint density at radius 2 is 2.23 bits per heavy atom. The van der Waals surface area contributed by atoms with Gasteiger partial charge in [-0.1, -0.05) is 30.3 Å². The molecule has 0 bridgehead atoms. The molecule has 0 saturated heterocycles. The predicted octanol–water partition coefficient (Wildman–Crippen LogP) is 4.73. The molecule has 0 aliphatic heterocycles. The van der Waals surface area contributed by atoms with E-state index in [9.17, 15) is 4.79 Å². The highest BCUT2D eigenvalue weighted by atomic mass is 127. The largest absolute Gasteiger partial charge is 0.362 e. The zero-order chi connectivity index (χ0) is 22.2. The lowest BCUT2D eigenvalue weighted by Crippen LogP contribution is -2.11. The highest BCUT2D eigenvalue weighted by molar-refractivity contribution is 14.1. The molecule has 3 aromatic rings. The fraction of sp³-hybridized carbons (Fsp3) is 0.200. The van der Waals surface area contributed by atoms with Crippen LogP contribution in [0.3, 0.4) is 0 Å². The molecule has 3 N–H and O–H groups in total. The summed E-state index contributed by atoms with van der Waals surface area (Å²) in [6, 6.07) is 7.37. The van der Waals surface area contributed by atoms with Crippen molar-refractivity contribution in [3.63, 3.8) is 0 Å². The Labute approximate surface area is 198 Å². The number of hydrogen-bond acceptors (Lipinski definition) is 7. The molecule has 0 spiro atoms. The number of halogens is 2. The maximum absolute atomic E-state index is 11.5. The number of amides is 1. The van der Waals surface area contributed by atoms with Gasteiger partial charge in [0.05, 0.1) is 37.3 Å². The Kier molecular flexibility index (Phi) is 8.20. The van der Waals surface area contributed by atoms with E-state index in [-0.39, 0.29) is 11.9 Å². The molecule has 0 saturated carbocycles. The van der Waals surface area contributed by atoms with Gasteiger partial charge in [0.15, 0.2) is 5.82 Å². The van der Waals surface area contributed by atoms with Crippen LogP contribution in [-0.4, -0.2) is 32.3 Å². The molecular weight excluding hydrogens is 533 g/mol. The number of anilines is 4. The number of nitrogens with one attached hydrogen (secondary N) is 3. The zero-order valence-electron chi connectivity index (χ0n) is 16.7. The minimum atomic E-state index is -0.266. The summed E-state index contributed by atoms with van der Waals surface area (Å²) < 4.78 is 6.78. The number of aromatic nitrogens is 4. The van der Waals surface area contributed by atoms with Crippen molar-refractivity contribution in [2.75, 3.05) is 22.6 Å². The third-order valence-electron chi connectivity index (χ3n) is 4.22. The van der Waals surface area contributed by atoms with Gasteiger partial charge in [-0.25, -0.2) is 4.98 Å². The molecule has 0 aliphatic rings. The van der Waals surface area contributed by atoms with Gasteiger partial charge in [0, 0.05) is 11.9 Å². The van der Waals surface area contributed by atoms with Gasteiger partial charge in [0.25, 0.3) is 0 Å². The summed E-state index contributed by atoms with van der Waals surface area (Å²) in [5.41, 5.74) is 2.38. The van der Waals surface area contributed by atoms with Crippen LogP contribution in [0.5, 0.6) is 0 Å². The lowest BCUT2D eigenvalue weighted by molar-refractivity contribution is -0.111. The first-order chi connectivity index (χ1) is 15.0. The molecule has 1 amide bonds. The van der Waals surface area contributed by atoms with Crippen molar-refractivity contribution in [2.24, 2.45) is 0 Å². The maximum Gasteiger partial charge on any atom is 0.247 e. The number of carbonyl (C=O) groups excluding carboxylic acids is 1.